The maximum absolute atomic E-state index is 10.7. The van der Waals surface area contributed by atoms with Gasteiger partial charge in [-0.3, -0.25) is 0 Å². The Morgan fingerprint density at radius 3 is 2.93 bits per heavy atom. The number of rotatable bonds is 6. The third-order valence-corrected chi connectivity index (χ3v) is 2.50. The molecule has 0 amide bonds. The van der Waals surface area contributed by atoms with E-state index in [0.717, 1.165) is 11.3 Å². The van der Waals surface area contributed by atoms with Crippen molar-refractivity contribution in [2.24, 2.45) is 0 Å². The highest BCUT2D eigenvalue weighted by molar-refractivity contribution is 7.12. The number of ether oxygens (including phenoxy) is 2. The van der Waals surface area contributed by atoms with Crippen molar-refractivity contribution in [2.75, 3.05) is 20.3 Å². The molecule has 15 heavy (non-hydrogen) atoms. The third-order valence-electron chi connectivity index (χ3n) is 1.61. The highest BCUT2D eigenvalue weighted by Gasteiger charge is 2.14. The molecule has 0 aliphatic heterocycles. The Morgan fingerprint density at radius 1 is 1.60 bits per heavy atom. The van der Waals surface area contributed by atoms with Gasteiger partial charge < -0.3 is 19.7 Å². The molecule has 2 N–H and O–H groups in total. The molecule has 5 nitrogen and oxygen atoms in total. The number of aliphatic hydroxyl groups excluding tert-OH is 1. The van der Waals surface area contributed by atoms with Crippen molar-refractivity contribution in [3.8, 4) is 5.75 Å². The number of hydrogen-bond acceptors (Lipinski definition) is 5. The van der Waals surface area contributed by atoms with Crippen LogP contribution in [0.5, 0.6) is 5.75 Å². The van der Waals surface area contributed by atoms with E-state index in [2.05, 4.69) is 0 Å². The summed E-state index contributed by atoms with van der Waals surface area (Å²) in [6, 6.07) is 1.56. The first-order valence-electron chi connectivity index (χ1n) is 4.25. The lowest BCUT2D eigenvalue weighted by molar-refractivity contribution is 0.0321. The lowest BCUT2D eigenvalue weighted by Gasteiger charge is -2.10. The van der Waals surface area contributed by atoms with E-state index in [9.17, 15) is 9.90 Å². The molecule has 1 unspecified atom stereocenters. The average Bonchev–Trinajstić information content (AvgIpc) is 2.63. The van der Waals surface area contributed by atoms with Crippen LogP contribution in [0.25, 0.3) is 0 Å². The van der Waals surface area contributed by atoms with Gasteiger partial charge in [-0.05, 0) is 11.4 Å². The van der Waals surface area contributed by atoms with Gasteiger partial charge in [-0.15, -0.1) is 11.3 Å². The van der Waals surface area contributed by atoms with Crippen molar-refractivity contribution >= 4 is 17.3 Å². The van der Waals surface area contributed by atoms with E-state index < -0.39 is 12.1 Å². The highest BCUT2D eigenvalue weighted by atomic mass is 32.1. The number of hydrogen-bond donors (Lipinski definition) is 2. The van der Waals surface area contributed by atoms with Gasteiger partial charge in [0, 0.05) is 7.11 Å². The summed E-state index contributed by atoms with van der Waals surface area (Å²) in [6.45, 7) is 0.178. The highest BCUT2D eigenvalue weighted by Crippen LogP contribution is 2.24. The second-order valence-corrected chi connectivity index (χ2v) is 3.76. The van der Waals surface area contributed by atoms with Crippen molar-refractivity contribution < 1.29 is 24.5 Å². The van der Waals surface area contributed by atoms with Crippen LogP contribution in [-0.4, -0.2) is 42.6 Å². The minimum absolute atomic E-state index is 0.0187. The summed E-state index contributed by atoms with van der Waals surface area (Å²) in [6.07, 6.45) is -0.753. The summed E-state index contributed by atoms with van der Waals surface area (Å²) in [5, 5.41) is 19.7. The molecule has 1 aromatic rings. The molecule has 0 fully saturated rings. The van der Waals surface area contributed by atoms with Crippen LogP contribution < -0.4 is 4.74 Å². The molecule has 0 radical (unpaired) electrons. The first kappa shape index (κ1) is 12.0. The Balaban J connectivity index is 2.50. The van der Waals surface area contributed by atoms with Gasteiger partial charge in [0.15, 0.2) is 4.88 Å². The molecule has 84 valence electrons. The molecule has 0 aliphatic rings. The lowest BCUT2D eigenvalue weighted by Crippen LogP contribution is -2.22. The zero-order valence-electron chi connectivity index (χ0n) is 8.17. The monoisotopic (exact) mass is 232 g/mol. The predicted molar refractivity (Wildman–Crippen MR) is 54.7 cm³/mol. The molecular weight excluding hydrogens is 220 g/mol. The quantitative estimate of drug-likeness (QED) is 0.759. The zero-order chi connectivity index (χ0) is 11.3. The van der Waals surface area contributed by atoms with Gasteiger partial charge in [0.25, 0.3) is 0 Å². The number of carboxylic acids is 1. The molecule has 0 saturated heterocycles. The Kier molecular flexibility index (Phi) is 4.54. The fourth-order valence-electron chi connectivity index (χ4n) is 0.994. The van der Waals surface area contributed by atoms with E-state index in [1.165, 1.54) is 7.11 Å². The van der Waals surface area contributed by atoms with Gasteiger partial charge in [0.2, 0.25) is 0 Å². The largest absolute Gasteiger partial charge is 0.489 e. The zero-order valence-corrected chi connectivity index (χ0v) is 8.99. The number of aliphatic hydroxyl groups is 1. The van der Waals surface area contributed by atoms with Crippen LogP contribution in [0.1, 0.15) is 9.67 Å². The van der Waals surface area contributed by atoms with E-state index in [-0.39, 0.29) is 23.8 Å². The third kappa shape index (κ3) is 3.50. The average molecular weight is 232 g/mol. The van der Waals surface area contributed by atoms with E-state index in [4.69, 9.17) is 14.6 Å². The summed E-state index contributed by atoms with van der Waals surface area (Å²) in [5.41, 5.74) is 0. The van der Waals surface area contributed by atoms with E-state index in [0.29, 0.717) is 0 Å². The van der Waals surface area contributed by atoms with Gasteiger partial charge in [0.05, 0.1) is 6.61 Å². The smallest absolute Gasteiger partial charge is 0.349 e. The fourth-order valence-corrected chi connectivity index (χ4v) is 1.67. The molecule has 0 bridgehead atoms. The van der Waals surface area contributed by atoms with Crippen molar-refractivity contribution in [3.05, 3.63) is 16.3 Å². The first-order valence-corrected chi connectivity index (χ1v) is 5.13. The van der Waals surface area contributed by atoms with E-state index in [1.54, 1.807) is 11.4 Å². The minimum Gasteiger partial charge on any atom is -0.489 e. The summed E-state index contributed by atoms with van der Waals surface area (Å²) in [4.78, 5) is 10.8. The molecule has 6 heteroatoms. The molecular formula is C9H12O5S. The summed E-state index contributed by atoms with van der Waals surface area (Å²) in [7, 11) is 1.47. The molecule has 1 rings (SSSR count). The molecule has 0 saturated carbocycles. The molecule has 1 atom stereocenters. The van der Waals surface area contributed by atoms with Crippen LogP contribution in [0.3, 0.4) is 0 Å². The SMILES string of the molecule is COCC(O)COc1ccsc1C(=O)O. The molecule has 0 aliphatic carbocycles. The fraction of sp³-hybridized carbons (Fsp3) is 0.444. The van der Waals surface area contributed by atoms with E-state index >= 15 is 0 Å². The Labute approximate surface area is 90.9 Å². The Bertz CT molecular complexity index is 322. The lowest BCUT2D eigenvalue weighted by atomic mass is 10.4. The Hall–Kier alpha value is -1.11. The van der Waals surface area contributed by atoms with Gasteiger partial charge >= 0.3 is 5.97 Å². The van der Waals surface area contributed by atoms with Gasteiger partial charge in [0.1, 0.15) is 18.5 Å². The maximum Gasteiger partial charge on any atom is 0.349 e. The summed E-state index contributed by atoms with van der Waals surface area (Å²) in [5.74, 6) is -0.746. The molecule has 1 heterocycles. The summed E-state index contributed by atoms with van der Waals surface area (Å²) >= 11 is 1.09. The predicted octanol–water partition coefficient (Wildman–Crippen LogP) is 0.832. The first-order chi connectivity index (χ1) is 7.15. The number of thiophene rings is 1. The van der Waals surface area contributed by atoms with Crippen molar-refractivity contribution in [2.45, 2.75) is 6.10 Å². The second kappa shape index (κ2) is 5.69. The second-order valence-electron chi connectivity index (χ2n) is 2.84. The minimum atomic E-state index is -1.03. The Morgan fingerprint density at radius 2 is 2.33 bits per heavy atom. The van der Waals surface area contributed by atoms with Gasteiger partial charge in [-0.25, -0.2) is 4.79 Å². The van der Waals surface area contributed by atoms with Crippen LogP contribution in [0.4, 0.5) is 0 Å². The molecule has 0 spiro atoms. The van der Waals surface area contributed by atoms with Gasteiger partial charge in [-0.2, -0.15) is 0 Å². The number of methoxy groups -OCH3 is 1. The molecule has 0 aromatic carbocycles. The van der Waals surface area contributed by atoms with Crippen LogP contribution in [0, 0.1) is 0 Å². The number of carbonyl (C=O) groups is 1. The van der Waals surface area contributed by atoms with Crippen LogP contribution in [0.15, 0.2) is 11.4 Å². The van der Waals surface area contributed by atoms with E-state index in [1.807, 2.05) is 0 Å². The normalized spacial score (nSPS) is 12.4. The molecule has 1 aromatic heterocycles. The van der Waals surface area contributed by atoms with Crippen LogP contribution in [0.2, 0.25) is 0 Å². The number of aromatic carboxylic acids is 1. The van der Waals surface area contributed by atoms with Crippen molar-refractivity contribution in [1.82, 2.24) is 0 Å². The maximum atomic E-state index is 10.7. The van der Waals surface area contributed by atoms with Crippen LogP contribution in [-0.2, 0) is 4.74 Å². The van der Waals surface area contributed by atoms with Crippen LogP contribution >= 0.6 is 11.3 Å². The summed E-state index contributed by atoms with van der Waals surface area (Å²) < 4.78 is 9.86. The topological polar surface area (TPSA) is 76.0 Å². The van der Waals surface area contributed by atoms with Gasteiger partial charge in [-0.1, -0.05) is 0 Å². The standard InChI is InChI=1S/C9H12O5S/c1-13-4-6(10)5-14-7-2-3-15-8(7)9(11)12/h2-3,6,10H,4-5H2,1H3,(H,11,12). The number of carboxylic acid groups (broad SMARTS) is 1. The van der Waals surface area contributed by atoms with Crippen molar-refractivity contribution in [3.63, 3.8) is 0 Å². The van der Waals surface area contributed by atoms with Crippen molar-refractivity contribution in [1.29, 1.82) is 0 Å².